The summed E-state index contributed by atoms with van der Waals surface area (Å²) in [5.41, 5.74) is 0.761. The van der Waals surface area contributed by atoms with Gasteiger partial charge >= 0.3 is 5.97 Å². The Balaban J connectivity index is 1.98. The second-order valence-electron chi connectivity index (χ2n) is 6.07. The maximum absolute atomic E-state index is 12.3. The number of carbonyl (C=O) groups excluding carboxylic acids is 3. The molecule has 2 N–H and O–H groups in total. The van der Waals surface area contributed by atoms with Crippen LogP contribution in [0.3, 0.4) is 0 Å². The lowest BCUT2D eigenvalue weighted by Gasteiger charge is -2.24. The number of esters is 1. The Morgan fingerprint density at radius 2 is 2.04 bits per heavy atom. The number of benzene rings is 1. The zero-order chi connectivity index (χ0) is 17.7. The number of amides is 2. The third kappa shape index (κ3) is 4.74. The number of anilines is 1. The summed E-state index contributed by atoms with van der Waals surface area (Å²) < 4.78 is 4.73. The topological polar surface area (TPSA) is 84.5 Å². The number of nitrogens with one attached hydrogen (secondary N) is 2. The van der Waals surface area contributed by atoms with Crippen LogP contribution in [0, 0.1) is 5.92 Å². The molecule has 1 aromatic carbocycles. The minimum absolute atomic E-state index is 0.0103. The van der Waals surface area contributed by atoms with Gasteiger partial charge in [0.05, 0.1) is 18.0 Å². The molecule has 1 heterocycles. The van der Waals surface area contributed by atoms with Crippen LogP contribution in [-0.2, 0) is 19.1 Å². The Hall–Kier alpha value is -2.02. The van der Waals surface area contributed by atoms with Crippen molar-refractivity contribution in [1.29, 1.82) is 0 Å². The van der Waals surface area contributed by atoms with Gasteiger partial charge in [-0.2, -0.15) is 0 Å². The average molecular weight is 350 g/mol. The number of para-hydroxylation sites is 1. The predicted octanol–water partition coefficient (Wildman–Crippen LogP) is 2.19. The fourth-order valence-corrected chi connectivity index (χ4v) is 3.59. The lowest BCUT2D eigenvalue weighted by molar-refractivity contribution is -0.145. The molecule has 2 amide bonds. The Morgan fingerprint density at radius 1 is 1.33 bits per heavy atom. The summed E-state index contributed by atoms with van der Waals surface area (Å²) >= 11 is 1.36. The molecule has 1 aliphatic rings. The maximum atomic E-state index is 12.3. The molecule has 0 spiro atoms. The van der Waals surface area contributed by atoms with Crippen molar-refractivity contribution in [3.05, 3.63) is 24.3 Å². The van der Waals surface area contributed by atoms with Crippen LogP contribution in [0.2, 0.25) is 0 Å². The van der Waals surface area contributed by atoms with Gasteiger partial charge in [-0.3, -0.25) is 9.59 Å². The lowest BCUT2D eigenvalue weighted by atomic mass is 10.0. The van der Waals surface area contributed by atoms with Crippen LogP contribution < -0.4 is 10.6 Å². The van der Waals surface area contributed by atoms with Crippen molar-refractivity contribution in [2.24, 2.45) is 5.92 Å². The van der Waals surface area contributed by atoms with E-state index in [2.05, 4.69) is 10.6 Å². The molecule has 130 valence electrons. The number of hydrogen-bond acceptors (Lipinski definition) is 5. The van der Waals surface area contributed by atoms with E-state index in [0.29, 0.717) is 6.42 Å². The van der Waals surface area contributed by atoms with E-state index in [4.69, 9.17) is 4.74 Å². The molecule has 0 aliphatic carbocycles. The Labute approximate surface area is 145 Å². The van der Waals surface area contributed by atoms with Gasteiger partial charge in [-0.15, -0.1) is 11.8 Å². The molecule has 0 saturated heterocycles. The second-order valence-corrected chi connectivity index (χ2v) is 7.31. The van der Waals surface area contributed by atoms with Crippen molar-refractivity contribution < 1.29 is 19.1 Å². The van der Waals surface area contributed by atoms with E-state index >= 15 is 0 Å². The highest BCUT2D eigenvalue weighted by atomic mass is 32.2. The zero-order valence-corrected chi connectivity index (χ0v) is 14.8. The lowest BCUT2D eigenvalue weighted by Crippen LogP contribution is -2.44. The van der Waals surface area contributed by atoms with Crippen LogP contribution in [0.1, 0.15) is 26.7 Å². The molecular weight excluding hydrogens is 328 g/mol. The van der Waals surface area contributed by atoms with Crippen LogP contribution in [0.25, 0.3) is 0 Å². The number of ether oxygens (including phenoxy) is 1. The van der Waals surface area contributed by atoms with Crippen LogP contribution >= 0.6 is 11.8 Å². The second kappa shape index (κ2) is 8.19. The van der Waals surface area contributed by atoms with Gasteiger partial charge in [0.15, 0.2) is 0 Å². The third-order valence-corrected chi connectivity index (χ3v) is 4.88. The number of rotatable bonds is 6. The van der Waals surface area contributed by atoms with Crippen molar-refractivity contribution in [3.8, 4) is 0 Å². The van der Waals surface area contributed by atoms with Crippen molar-refractivity contribution in [2.45, 2.75) is 42.9 Å². The van der Waals surface area contributed by atoms with Gasteiger partial charge in [-0.05, 0) is 24.5 Å². The molecule has 0 saturated carbocycles. The smallest absolute Gasteiger partial charge is 0.328 e. The Kier molecular flexibility index (Phi) is 6.25. The molecule has 2 atom stereocenters. The van der Waals surface area contributed by atoms with E-state index in [1.807, 2.05) is 38.1 Å². The monoisotopic (exact) mass is 350 g/mol. The molecule has 1 aromatic rings. The molecule has 1 aliphatic heterocycles. The molecule has 7 heteroatoms. The van der Waals surface area contributed by atoms with Crippen LogP contribution in [0.4, 0.5) is 5.69 Å². The number of fused-ring (bicyclic) bond motifs is 1. The zero-order valence-electron chi connectivity index (χ0n) is 14.0. The predicted molar refractivity (Wildman–Crippen MR) is 92.7 cm³/mol. The van der Waals surface area contributed by atoms with Crippen LogP contribution in [0.5, 0.6) is 0 Å². The first-order valence-electron chi connectivity index (χ1n) is 7.84. The number of methoxy groups -OCH3 is 1. The molecule has 0 fully saturated rings. The fraction of sp³-hybridized carbons (Fsp3) is 0.471. The first-order valence-corrected chi connectivity index (χ1v) is 8.72. The molecule has 6 nitrogen and oxygen atoms in total. The number of hydrogen-bond donors (Lipinski definition) is 2. The minimum Gasteiger partial charge on any atom is -0.467 e. The van der Waals surface area contributed by atoms with Crippen LogP contribution in [0.15, 0.2) is 29.2 Å². The van der Waals surface area contributed by atoms with E-state index in [9.17, 15) is 14.4 Å². The SMILES string of the molecule is COC(=O)[C@@H](CC(C)C)NC(=O)C[C@H]1Sc2ccccc2NC1=O. The van der Waals surface area contributed by atoms with Gasteiger partial charge in [0.25, 0.3) is 0 Å². The number of carbonyl (C=O) groups is 3. The maximum Gasteiger partial charge on any atom is 0.328 e. The van der Waals surface area contributed by atoms with Crippen molar-refractivity contribution >= 4 is 35.2 Å². The summed E-state index contributed by atoms with van der Waals surface area (Å²) in [6, 6.07) is 6.77. The molecule has 0 radical (unpaired) electrons. The van der Waals surface area contributed by atoms with Crippen molar-refractivity contribution in [1.82, 2.24) is 5.32 Å². The van der Waals surface area contributed by atoms with Gasteiger partial charge < -0.3 is 15.4 Å². The number of thioether (sulfide) groups is 1. The van der Waals surface area contributed by atoms with Crippen LogP contribution in [-0.4, -0.2) is 36.2 Å². The largest absolute Gasteiger partial charge is 0.467 e. The minimum atomic E-state index is -0.688. The Morgan fingerprint density at radius 3 is 2.71 bits per heavy atom. The fourth-order valence-electron chi connectivity index (χ4n) is 2.48. The van der Waals surface area contributed by atoms with Gasteiger partial charge in [0, 0.05) is 11.3 Å². The highest BCUT2D eigenvalue weighted by Crippen LogP contribution is 2.36. The van der Waals surface area contributed by atoms with Gasteiger partial charge in [-0.25, -0.2) is 4.79 Å². The summed E-state index contributed by atoms with van der Waals surface area (Å²) in [5, 5.41) is 4.97. The highest BCUT2D eigenvalue weighted by Gasteiger charge is 2.30. The van der Waals surface area contributed by atoms with Crippen molar-refractivity contribution in [3.63, 3.8) is 0 Å². The standard InChI is InChI=1S/C17H22N2O4S/c1-10(2)8-12(17(22)23-3)18-15(20)9-14-16(21)19-11-6-4-5-7-13(11)24-14/h4-7,10,12,14H,8-9H2,1-3H3,(H,18,20)(H,19,21)/t12-,14-/m1/s1. The third-order valence-electron chi connectivity index (χ3n) is 3.61. The first kappa shape index (κ1) is 18.3. The summed E-state index contributed by atoms with van der Waals surface area (Å²) in [6.45, 7) is 3.92. The normalized spacial score (nSPS) is 17.7. The molecule has 0 unspecified atom stereocenters. The molecular formula is C17H22N2O4S. The van der Waals surface area contributed by atoms with E-state index in [1.54, 1.807) is 0 Å². The summed E-state index contributed by atoms with van der Waals surface area (Å²) in [5.74, 6) is -0.776. The van der Waals surface area contributed by atoms with Gasteiger partial charge in [-0.1, -0.05) is 26.0 Å². The average Bonchev–Trinajstić information content (AvgIpc) is 2.53. The quantitative estimate of drug-likeness (QED) is 0.768. The summed E-state index contributed by atoms with van der Waals surface area (Å²) in [7, 11) is 1.29. The van der Waals surface area contributed by atoms with E-state index in [-0.39, 0.29) is 24.2 Å². The summed E-state index contributed by atoms with van der Waals surface area (Å²) in [4.78, 5) is 37.1. The van der Waals surface area contributed by atoms with Gasteiger partial charge in [0.2, 0.25) is 11.8 Å². The molecule has 0 bridgehead atoms. The van der Waals surface area contributed by atoms with Crippen molar-refractivity contribution in [2.75, 3.05) is 12.4 Å². The van der Waals surface area contributed by atoms with E-state index in [0.717, 1.165) is 10.6 Å². The van der Waals surface area contributed by atoms with E-state index < -0.39 is 17.3 Å². The molecule has 0 aromatic heterocycles. The molecule has 24 heavy (non-hydrogen) atoms. The Bertz CT molecular complexity index is 633. The van der Waals surface area contributed by atoms with Gasteiger partial charge in [0.1, 0.15) is 6.04 Å². The first-order chi connectivity index (χ1) is 11.4. The van der Waals surface area contributed by atoms with E-state index in [1.165, 1.54) is 18.9 Å². The molecule has 2 rings (SSSR count). The summed E-state index contributed by atoms with van der Waals surface area (Å²) in [6.07, 6.45) is 0.502. The highest BCUT2D eigenvalue weighted by molar-refractivity contribution is 8.01.